The second-order valence-electron chi connectivity index (χ2n) is 6.49. The monoisotopic (exact) mass is 352 g/mol. The van der Waals surface area contributed by atoms with E-state index in [9.17, 15) is 13.2 Å². The van der Waals surface area contributed by atoms with Gasteiger partial charge in [0, 0.05) is 25.6 Å². The van der Waals surface area contributed by atoms with E-state index in [1.807, 2.05) is 38.1 Å². The van der Waals surface area contributed by atoms with Gasteiger partial charge in [-0.2, -0.15) is 0 Å². The molecule has 1 heterocycles. The van der Waals surface area contributed by atoms with E-state index in [0.29, 0.717) is 38.9 Å². The molecule has 0 saturated carbocycles. The third kappa shape index (κ3) is 5.05. The molecule has 0 bridgehead atoms. The average Bonchev–Trinajstić information content (AvgIpc) is 2.59. The smallest absolute Gasteiger partial charge is 0.223 e. The van der Waals surface area contributed by atoms with Crippen molar-refractivity contribution in [2.24, 2.45) is 5.92 Å². The Balaban J connectivity index is 1.81. The number of piperidine rings is 1. The van der Waals surface area contributed by atoms with Gasteiger partial charge in [0.1, 0.15) is 0 Å². The molecule has 1 aromatic carbocycles. The van der Waals surface area contributed by atoms with Crippen LogP contribution in [0.5, 0.6) is 0 Å². The van der Waals surface area contributed by atoms with Gasteiger partial charge in [0.15, 0.2) is 0 Å². The average molecular weight is 353 g/mol. The Morgan fingerprint density at radius 2 is 1.92 bits per heavy atom. The van der Waals surface area contributed by atoms with Crippen LogP contribution in [0, 0.1) is 12.8 Å². The van der Waals surface area contributed by atoms with Crippen LogP contribution in [-0.2, 0) is 21.4 Å². The van der Waals surface area contributed by atoms with E-state index in [-0.39, 0.29) is 17.6 Å². The third-order valence-electron chi connectivity index (χ3n) is 4.69. The lowest BCUT2D eigenvalue weighted by Crippen LogP contribution is -2.43. The molecule has 0 atom stereocenters. The maximum atomic E-state index is 12.3. The molecule has 1 aromatic rings. The standard InChI is InChI=1S/C18H28N2O3S/c1-3-4-13-24(22,23)20-11-9-16(10-12-20)18(21)19-14-17-8-6-5-7-15(17)2/h5-8,16H,3-4,9-14H2,1-2H3,(H,19,21). The number of sulfonamides is 1. The van der Waals surface area contributed by atoms with Gasteiger partial charge in [0.05, 0.1) is 5.75 Å². The first kappa shape index (κ1) is 18.9. The summed E-state index contributed by atoms with van der Waals surface area (Å²) in [5, 5.41) is 2.99. The van der Waals surface area contributed by atoms with Gasteiger partial charge in [-0.15, -0.1) is 0 Å². The zero-order valence-corrected chi connectivity index (χ0v) is 15.4. The van der Waals surface area contributed by atoms with Crippen molar-refractivity contribution in [1.82, 2.24) is 9.62 Å². The van der Waals surface area contributed by atoms with E-state index in [2.05, 4.69) is 5.32 Å². The molecule has 1 saturated heterocycles. The fourth-order valence-corrected chi connectivity index (χ4v) is 4.67. The Morgan fingerprint density at radius 1 is 1.25 bits per heavy atom. The molecule has 0 spiro atoms. The lowest BCUT2D eigenvalue weighted by Gasteiger charge is -2.30. The number of hydrogen-bond acceptors (Lipinski definition) is 3. The van der Waals surface area contributed by atoms with Crippen LogP contribution in [0.2, 0.25) is 0 Å². The minimum atomic E-state index is -3.15. The van der Waals surface area contributed by atoms with Gasteiger partial charge in [0.2, 0.25) is 15.9 Å². The quantitative estimate of drug-likeness (QED) is 0.820. The molecule has 1 N–H and O–H groups in total. The van der Waals surface area contributed by atoms with E-state index in [4.69, 9.17) is 0 Å². The third-order valence-corrected chi connectivity index (χ3v) is 6.64. The summed E-state index contributed by atoms with van der Waals surface area (Å²) in [5.41, 5.74) is 2.28. The highest BCUT2D eigenvalue weighted by molar-refractivity contribution is 7.89. The predicted molar refractivity (Wildman–Crippen MR) is 96.0 cm³/mol. The summed E-state index contributed by atoms with van der Waals surface area (Å²) in [6.45, 7) is 5.45. The van der Waals surface area contributed by atoms with Gasteiger partial charge in [-0.3, -0.25) is 4.79 Å². The number of benzene rings is 1. The van der Waals surface area contributed by atoms with Gasteiger partial charge in [0.25, 0.3) is 0 Å². The topological polar surface area (TPSA) is 66.5 Å². The summed E-state index contributed by atoms with van der Waals surface area (Å²) in [4.78, 5) is 12.3. The van der Waals surface area contributed by atoms with E-state index >= 15 is 0 Å². The molecule has 6 heteroatoms. The summed E-state index contributed by atoms with van der Waals surface area (Å²) in [5.74, 6) is 0.156. The van der Waals surface area contributed by atoms with Crippen LogP contribution in [0.4, 0.5) is 0 Å². The fourth-order valence-electron chi connectivity index (χ4n) is 2.99. The van der Waals surface area contributed by atoms with E-state index in [0.717, 1.165) is 17.5 Å². The molecule has 1 aliphatic rings. The van der Waals surface area contributed by atoms with Crippen LogP contribution in [0.15, 0.2) is 24.3 Å². The maximum absolute atomic E-state index is 12.3. The number of carbonyl (C=O) groups is 1. The van der Waals surface area contributed by atoms with Crippen molar-refractivity contribution < 1.29 is 13.2 Å². The molecule has 1 fully saturated rings. The molecular weight excluding hydrogens is 324 g/mol. The number of hydrogen-bond donors (Lipinski definition) is 1. The zero-order chi connectivity index (χ0) is 17.6. The Hall–Kier alpha value is -1.40. The molecular formula is C18H28N2O3S. The van der Waals surface area contributed by atoms with Crippen LogP contribution in [0.1, 0.15) is 43.7 Å². The summed E-state index contributed by atoms with van der Waals surface area (Å²) in [7, 11) is -3.15. The minimum absolute atomic E-state index is 0.0314. The summed E-state index contributed by atoms with van der Waals surface area (Å²) in [6.07, 6.45) is 2.77. The van der Waals surface area contributed by atoms with Gasteiger partial charge in [-0.05, 0) is 37.3 Å². The molecule has 24 heavy (non-hydrogen) atoms. The number of aryl methyl sites for hydroxylation is 1. The molecule has 0 aromatic heterocycles. The van der Waals surface area contributed by atoms with Crippen molar-refractivity contribution in [3.05, 3.63) is 35.4 Å². The van der Waals surface area contributed by atoms with Gasteiger partial charge in [-0.1, -0.05) is 37.6 Å². The van der Waals surface area contributed by atoms with Crippen LogP contribution in [0.3, 0.4) is 0 Å². The largest absolute Gasteiger partial charge is 0.352 e. The zero-order valence-electron chi connectivity index (χ0n) is 14.6. The maximum Gasteiger partial charge on any atom is 0.223 e. The summed E-state index contributed by atoms with van der Waals surface area (Å²) >= 11 is 0. The molecule has 1 amide bonds. The van der Waals surface area contributed by atoms with E-state index < -0.39 is 10.0 Å². The highest BCUT2D eigenvalue weighted by Gasteiger charge is 2.30. The molecule has 0 aliphatic carbocycles. The van der Waals surface area contributed by atoms with Gasteiger partial charge >= 0.3 is 0 Å². The second kappa shape index (κ2) is 8.62. The summed E-state index contributed by atoms with van der Waals surface area (Å²) < 4.78 is 25.9. The Labute approximate surface area is 145 Å². The van der Waals surface area contributed by atoms with E-state index in [1.54, 1.807) is 4.31 Å². The van der Waals surface area contributed by atoms with Gasteiger partial charge < -0.3 is 5.32 Å². The van der Waals surface area contributed by atoms with Crippen molar-refractivity contribution in [3.63, 3.8) is 0 Å². The normalized spacial score (nSPS) is 16.9. The van der Waals surface area contributed by atoms with Gasteiger partial charge in [-0.25, -0.2) is 12.7 Å². The van der Waals surface area contributed by atoms with Crippen LogP contribution >= 0.6 is 0 Å². The second-order valence-corrected chi connectivity index (χ2v) is 8.58. The first-order valence-corrected chi connectivity index (χ1v) is 10.3. The fraction of sp³-hybridized carbons (Fsp3) is 0.611. The van der Waals surface area contributed by atoms with Crippen LogP contribution in [-0.4, -0.2) is 37.5 Å². The van der Waals surface area contributed by atoms with E-state index in [1.165, 1.54) is 0 Å². The van der Waals surface area contributed by atoms with Crippen molar-refractivity contribution in [1.29, 1.82) is 0 Å². The number of rotatable bonds is 7. The Kier molecular flexibility index (Phi) is 6.80. The highest BCUT2D eigenvalue weighted by atomic mass is 32.2. The molecule has 1 aliphatic heterocycles. The Morgan fingerprint density at radius 3 is 2.54 bits per heavy atom. The minimum Gasteiger partial charge on any atom is -0.352 e. The first-order valence-electron chi connectivity index (χ1n) is 8.74. The summed E-state index contributed by atoms with van der Waals surface area (Å²) in [6, 6.07) is 7.99. The molecule has 5 nitrogen and oxygen atoms in total. The molecule has 0 unspecified atom stereocenters. The van der Waals surface area contributed by atoms with Crippen molar-refractivity contribution in [2.75, 3.05) is 18.8 Å². The van der Waals surface area contributed by atoms with Crippen molar-refractivity contribution in [3.8, 4) is 0 Å². The molecule has 2 rings (SSSR count). The molecule has 134 valence electrons. The SMILES string of the molecule is CCCCS(=O)(=O)N1CCC(C(=O)NCc2ccccc2C)CC1. The number of carbonyl (C=O) groups excluding carboxylic acids is 1. The lowest BCUT2D eigenvalue weighted by molar-refractivity contribution is -0.126. The van der Waals surface area contributed by atoms with Crippen LogP contribution < -0.4 is 5.32 Å². The Bertz CT molecular complexity index is 650. The van der Waals surface area contributed by atoms with Crippen molar-refractivity contribution >= 4 is 15.9 Å². The number of nitrogens with one attached hydrogen (secondary N) is 1. The van der Waals surface area contributed by atoms with Crippen LogP contribution in [0.25, 0.3) is 0 Å². The number of nitrogens with zero attached hydrogens (tertiary/aromatic N) is 1. The first-order chi connectivity index (χ1) is 11.4. The lowest BCUT2D eigenvalue weighted by atomic mass is 9.97. The van der Waals surface area contributed by atoms with Crippen molar-refractivity contribution in [2.45, 2.75) is 46.1 Å². The number of amides is 1. The molecule has 0 radical (unpaired) electrons. The number of unbranched alkanes of at least 4 members (excludes halogenated alkanes) is 1. The highest BCUT2D eigenvalue weighted by Crippen LogP contribution is 2.21. The predicted octanol–water partition coefficient (Wildman–Crippen LogP) is 2.45.